The van der Waals surface area contributed by atoms with Gasteiger partial charge in [0.2, 0.25) is 0 Å². The summed E-state index contributed by atoms with van der Waals surface area (Å²) in [5.74, 6) is 0.734. The molecular formula is C26H30N2O4. The summed E-state index contributed by atoms with van der Waals surface area (Å²) in [6.45, 7) is 0.689. The fourth-order valence-electron chi connectivity index (χ4n) is 7.21. The number of hydrogen-bond donors (Lipinski definition) is 2. The maximum atomic E-state index is 12.5. The van der Waals surface area contributed by atoms with Gasteiger partial charge in [-0.1, -0.05) is 60.7 Å². The molecule has 2 aromatic carbocycles. The van der Waals surface area contributed by atoms with E-state index in [1.54, 1.807) is 9.80 Å². The molecular weight excluding hydrogens is 404 g/mol. The van der Waals surface area contributed by atoms with Crippen molar-refractivity contribution in [1.82, 2.24) is 9.80 Å². The molecule has 2 N–H and O–H groups in total. The molecule has 0 radical (unpaired) electrons. The lowest BCUT2D eigenvalue weighted by molar-refractivity contribution is -0.136. The molecule has 6 rings (SSSR count). The van der Waals surface area contributed by atoms with Crippen molar-refractivity contribution >= 4 is 12.2 Å². The van der Waals surface area contributed by atoms with Gasteiger partial charge in [0, 0.05) is 24.2 Å². The van der Waals surface area contributed by atoms with Crippen LogP contribution in [-0.2, 0) is 13.1 Å². The summed E-state index contributed by atoms with van der Waals surface area (Å²) in [4.78, 5) is 28.3. The molecule has 6 heteroatoms. The van der Waals surface area contributed by atoms with Gasteiger partial charge < -0.3 is 10.2 Å². The first kappa shape index (κ1) is 20.9. The standard InChI is InChI=1S/C26H30N2O4/c29-23(30)27(16-19-7-3-1-4-8-19)25-12-21-11-22(13-25)15-26(14-21,18-25)28(24(31)32)17-20-9-5-2-6-10-20/h1-10,21-22H,11-18H2,(H,29,30)(H,31,32). The number of rotatable bonds is 6. The minimum atomic E-state index is -0.907. The lowest BCUT2D eigenvalue weighted by atomic mass is 9.49. The fraction of sp³-hybridized carbons (Fsp3) is 0.462. The lowest BCUT2D eigenvalue weighted by Gasteiger charge is -2.66. The second-order valence-corrected chi connectivity index (χ2v) is 10.1. The normalized spacial score (nSPS) is 30.1. The Balaban J connectivity index is 1.50. The molecule has 0 atom stereocenters. The summed E-state index contributed by atoms with van der Waals surface area (Å²) >= 11 is 0. The third-order valence-corrected chi connectivity index (χ3v) is 7.97. The Morgan fingerprint density at radius 1 is 0.719 bits per heavy atom. The Bertz CT molecular complexity index is 902. The minimum absolute atomic E-state index is 0.345. The maximum absolute atomic E-state index is 12.5. The second kappa shape index (κ2) is 7.84. The van der Waals surface area contributed by atoms with Crippen LogP contribution >= 0.6 is 0 Å². The van der Waals surface area contributed by atoms with Crippen molar-refractivity contribution in [2.45, 2.75) is 62.7 Å². The summed E-state index contributed by atoms with van der Waals surface area (Å²) in [6.07, 6.45) is 3.21. The molecule has 0 aromatic heterocycles. The van der Waals surface area contributed by atoms with E-state index in [0.29, 0.717) is 31.3 Å². The molecule has 0 aliphatic heterocycles. The van der Waals surface area contributed by atoms with Crippen molar-refractivity contribution in [3.63, 3.8) is 0 Å². The predicted octanol–water partition coefficient (Wildman–Crippen LogP) is 5.44. The number of nitrogens with zero attached hydrogens (tertiary/aromatic N) is 2. The van der Waals surface area contributed by atoms with Gasteiger partial charge in [0.15, 0.2) is 0 Å². The van der Waals surface area contributed by atoms with E-state index in [4.69, 9.17) is 0 Å². The largest absolute Gasteiger partial charge is 0.465 e. The summed E-state index contributed by atoms with van der Waals surface area (Å²) < 4.78 is 0. The minimum Gasteiger partial charge on any atom is -0.465 e. The van der Waals surface area contributed by atoms with Crippen LogP contribution in [0.4, 0.5) is 9.59 Å². The lowest BCUT2D eigenvalue weighted by Crippen LogP contribution is -2.70. The van der Waals surface area contributed by atoms with Crippen LogP contribution in [0.1, 0.15) is 49.7 Å². The SMILES string of the molecule is O=C(O)N(Cc1ccccc1)C12CC3CC(C1)CC(N(Cc1ccccc1)C(=O)O)(C3)C2. The van der Waals surface area contributed by atoms with Crippen molar-refractivity contribution < 1.29 is 19.8 Å². The fourth-order valence-corrected chi connectivity index (χ4v) is 7.21. The predicted molar refractivity (Wildman–Crippen MR) is 120 cm³/mol. The van der Waals surface area contributed by atoms with Crippen molar-refractivity contribution in [2.24, 2.45) is 11.8 Å². The van der Waals surface area contributed by atoms with Crippen LogP contribution in [0.2, 0.25) is 0 Å². The second-order valence-electron chi connectivity index (χ2n) is 10.1. The van der Waals surface area contributed by atoms with Crippen LogP contribution in [-0.4, -0.2) is 43.3 Å². The van der Waals surface area contributed by atoms with Crippen LogP contribution in [0.5, 0.6) is 0 Å². The summed E-state index contributed by atoms with van der Waals surface area (Å²) in [6, 6.07) is 19.5. The van der Waals surface area contributed by atoms with E-state index in [1.165, 1.54) is 0 Å². The molecule has 2 aromatic rings. The molecule has 2 amide bonds. The average molecular weight is 435 g/mol. The molecule has 0 unspecified atom stereocenters. The molecule has 4 fully saturated rings. The van der Waals surface area contributed by atoms with Crippen molar-refractivity contribution in [2.75, 3.05) is 0 Å². The van der Waals surface area contributed by atoms with E-state index in [9.17, 15) is 19.8 Å². The van der Waals surface area contributed by atoms with Gasteiger partial charge in [-0.25, -0.2) is 9.59 Å². The average Bonchev–Trinajstić information content (AvgIpc) is 2.76. The Morgan fingerprint density at radius 2 is 1.09 bits per heavy atom. The van der Waals surface area contributed by atoms with Crippen LogP contribution in [0.15, 0.2) is 60.7 Å². The van der Waals surface area contributed by atoms with Crippen LogP contribution in [0.25, 0.3) is 0 Å². The van der Waals surface area contributed by atoms with E-state index < -0.39 is 23.3 Å². The zero-order valence-electron chi connectivity index (χ0n) is 18.2. The first-order valence-electron chi connectivity index (χ1n) is 11.5. The zero-order chi connectivity index (χ0) is 22.3. The summed E-state index contributed by atoms with van der Waals surface area (Å²) in [5.41, 5.74) is 0.935. The first-order valence-corrected chi connectivity index (χ1v) is 11.5. The highest BCUT2D eigenvalue weighted by Gasteiger charge is 2.63. The summed E-state index contributed by atoms with van der Waals surface area (Å²) in [7, 11) is 0. The molecule has 6 nitrogen and oxygen atoms in total. The Kier molecular flexibility index (Phi) is 5.11. The monoisotopic (exact) mass is 434 g/mol. The number of carboxylic acid groups (broad SMARTS) is 2. The quantitative estimate of drug-likeness (QED) is 0.634. The molecule has 4 aliphatic rings. The van der Waals surface area contributed by atoms with Gasteiger partial charge >= 0.3 is 12.2 Å². The molecule has 4 bridgehead atoms. The topological polar surface area (TPSA) is 81.1 Å². The van der Waals surface area contributed by atoms with Crippen LogP contribution < -0.4 is 0 Å². The van der Waals surface area contributed by atoms with E-state index in [0.717, 1.165) is 43.2 Å². The number of hydrogen-bond acceptors (Lipinski definition) is 2. The van der Waals surface area contributed by atoms with Crippen LogP contribution in [0.3, 0.4) is 0 Å². The van der Waals surface area contributed by atoms with E-state index in [1.807, 2.05) is 60.7 Å². The molecule has 32 heavy (non-hydrogen) atoms. The van der Waals surface area contributed by atoms with Gasteiger partial charge in [0.05, 0.1) is 0 Å². The van der Waals surface area contributed by atoms with Crippen molar-refractivity contribution in [1.29, 1.82) is 0 Å². The van der Waals surface area contributed by atoms with E-state index in [2.05, 4.69) is 0 Å². The third-order valence-electron chi connectivity index (χ3n) is 7.97. The highest BCUT2D eigenvalue weighted by atomic mass is 16.4. The molecule has 0 saturated heterocycles. The van der Waals surface area contributed by atoms with E-state index in [-0.39, 0.29) is 0 Å². The third kappa shape index (κ3) is 3.61. The van der Waals surface area contributed by atoms with Gasteiger partial charge in [0.25, 0.3) is 0 Å². The van der Waals surface area contributed by atoms with Crippen molar-refractivity contribution in [3.8, 4) is 0 Å². The number of benzene rings is 2. The molecule has 0 spiro atoms. The summed E-state index contributed by atoms with van der Waals surface area (Å²) in [5, 5.41) is 20.5. The number of amides is 2. The van der Waals surface area contributed by atoms with Gasteiger partial charge in [0.1, 0.15) is 0 Å². The van der Waals surface area contributed by atoms with E-state index >= 15 is 0 Å². The first-order chi connectivity index (χ1) is 15.4. The highest BCUT2D eigenvalue weighted by molar-refractivity contribution is 5.68. The Labute approximate surface area is 188 Å². The van der Waals surface area contributed by atoms with Gasteiger partial charge in [-0.3, -0.25) is 9.80 Å². The smallest absolute Gasteiger partial charge is 0.408 e. The molecule has 4 saturated carbocycles. The van der Waals surface area contributed by atoms with Gasteiger partial charge in [-0.05, 0) is 61.5 Å². The molecule has 4 aliphatic carbocycles. The Hall–Kier alpha value is -3.02. The number of carbonyl (C=O) groups is 2. The van der Waals surface area contributed by atoms with Gasteiger partial charge in [-0.2, -0.15) is 0 Å². The molecule has 168 valence electrons. The van der Waals surface area contributed by atoms with Gasteiger partial charge in [-0.15, -0.1) is 0 Å². The molecule has 0 heterocycles. The van der Waals surface area contributed by atoms with Crippen LogP contribution in [0, 0.1) is 11.8 Å². The maximum Gasteiger partial charge on any atom is 0.408 e. The van der Waals surface area contributed by atoms with Crippen molar-refractivity contribution in [3.05, 3.63) is 71.8 Å². The highest BCUT2D eigenvalue weighted by Crippen LogP contribution is 2.61. The Morgan fingerprint density at radius 3 is 1.44 bits per heavy atom. The zero-order valence-corrected chi connectivity index (χ0v) is 18.2.